The Morgan fingerprint density at radius 1 is 0.968 bits per heavy atom. The van der Waals surface area contributed by atoms with Gasteiger partial charge in [0.1, 0.15) is 5.82 Å². The number of hydrogen-bond donors (Lipinski definition) is 1. The third-order valence-corrected chi connectivity index (χ3v) is 5.68. The molecule has 31 heavy (non-hydrogen) atoms. The van der Waals surface area contributed by atoms with Gasteiger partial charge in [-0.3, -0.25) is 14.1 Å². The lowest BCUT2D eigenvalue weighted by molar-refractivity contribution is 0.712. The molecule has 3 heterocycles. The number of pyridine rings is 1. The Hall–Kier alpha value is -3.93. The van der Waals surface area contributed by atoms with Crippen molar-refractivity contribution in [3.05, 3.63) is 83.0 Å². The van der Waals surface area contributed by atoms with E-state index in [1.165, 1.54) is 5.56 Å². The normalized spacial score (nSPS) is 11.3. The summed E-state index contributed by atoms with van der Waals surface area (Å²) >= 11 is 0. The highest BCUT2D eigenvalue weighted by molar-refractivity contribution is 5.87. The molecule has 0 saturated carbocycles. The zero-order valence-corrected chi connectivity index (χ0v) is 17.8. The number of imidazole rings is 2. The van der Waals surface area contributed by atoms with Gasteiger partial charge >= 0.3 is 5.69 Å². The van der Waals surface area contributed by atoms with Gasteiger partial charge in [0.2, 0.25) is 0 Å². The van der Waals surface area contributed by atoms with E-state index in [1.54, 1.807) is 21.5 Å². The second kappa shape index (κ2) is 7.40. The number of aryl methyl sites for hydroxylation is 3. The Morgan fingerprint density at radius 2 is 1.81 bits per heavy atom. The van der Waals surface area contributed by atoms with Gasteiger partial charge in [-0.2, -0.15) is 0 Å². The van der Waals surface area contributed by atoms with Crippen LogP contribution in [0.5, 0.6) is 0 Å². The van der Waals surface area contributed by atoms with E-state index < -0.39 is 0 Å². The number of fused-ring (bicyclic) bond motifs is 1. The van der Waals surface area contributed by atoms with Crippen LogP contribution in [0.25, 0.3) is 44.9 Å². The lowest BCUT2D eigenvalue weighted by Crippen LogP contribution is -2.21. The van der Waals surface area contributed by atoms with E-state index in [4.69, 9.17) is 4.98 Å². The van der Waals surface area contributed by atoms with E-state index in [9.17, 15) is 4.79 Å². The Bertz CT molecular complexity index is 1460. The zero-order valence-electron chi connectivity index (χ0n) is 17.8. The van der Waals surface area contributed by atoms with E-state index >= 15 is 0 Å². The van der Waals surface area contributed by atoms with Crippen LogP contribution in [0.4, 0.5) is 0 Å². The number of benzene rings is 2. The summed E-state index contributed by atoms with van der Waals surface area (Å²) in [6.07, 6.45) is 3.55. The summed E-state index contributed by atoms with van der Waals surface area (Å²) < 4.78 is 3.49. The monoisotopic (exact) mass is 409 g/mol. The molecule has 6 nitrogen and oxygen atoms in total. The van der Waals surface area contributed by atoms with Gasteiger partial charge in [0.25, 0.3) is 0 Å². The first-order valence-corrected chi connectivity index (χ1v) is 10.3. The van der Waals surface area contributed by atoms with E-state index in [1.807, 2.05) is 44.3 Å². The average Bonchev–Trinajstić information content (AvgIpc) is 3.34. The molecule has 0 atom stereocenters. The minimum Gasteiger partial charge on any atom is -0.337 e. The zero-order chi connectivity index (χ0) is 21.5. The molecule has 0 spiro atoms. The van der Waals surface area contributed by atoms with Gasteiger partial charge in [0, 0.05) is 42.7 Å². The average molecular weight is 409 g/mol. The van der Waals surface area contributed by atoms with Crippen LogP contribution in [0.3, 0.4) is 0 Å². The molecule has 3 aromatic heterocycles. The fourth-order valence-corrected chi connectivity index (χ4v) is 4.09. The Labute approximate surface area is 179 Å². The number of rotatable bonds is 4. The van der Waals surface area contributed by atoms with Crippen LogP contribution < -0.4 is 5.69 Å². The third-order valence-electron chi connectivity index (χ3n) is 5.68. The molecule has 0 bridgehead atoms. The largest absolute Gasteiger partial charge is 0.337 e. The van der Waals surface area contributed by atoms with Gasteiger partial charge in [0.05, 0.1) is 22.4 Å². The van der Waals surface area contributed by atoms with Gasteiger partial charge in [-0.25, -0.2) is 9.78 Å². The molecule has 1 N–H and O–H groups in total. The maximum atomic E-state index is 12.6. The quantitative estimate of drug-likeness (QED) is 0.464. The number of nitrogens with one attached hydrogen (secondary N) is 1. The van der Waals surface area contributed by atoms with Crippen molar-refractivity contribution in [1.82, 2.24) is 24.1 Å². The van der Waals surface area contributed by atoms with Gasteiger partial charge in [-0.1, -0.05) is 29.8 Å². The molecule has 0 saturated heterocycles. The lowest BCUT2D eigenvalue weighted by Gasteiger charge is -2.06. The summed E-state index contributed by atoms with van der Waals surface area (Å²) in [5.74, 6) is 0.764. The Morgan fingerprint density at radius 3 is 2.55 bits per heavy atom. The highest BCUT2D eigenvalue weighted by Crippen LogP contribution is 2.34. The fraction of sp³-hybridized carbons (Fsp3) is 0.160. The standard InChI is InChI=1S/C25H23N5O/c1-4-30-20-11-10-18(14-21(20)29(3)25(30)31)23-22(17-8-5-7-16(2)13-17)27-24(28-23)19-9-6-12-26-15-19/h5-15H,4H2,1-3H3,(H,27,28). The fourth-order valence-electron chi connectivity index (χ4n) is 4.09. The molecule has 5 aromatic rings. The van der Waals surface area contributed by atoms with Crippen molar-refractivity contribution in [2.24, 2.45) is 7.05 Å². The molecule has 0 aliphatic heterocycles. The first-order chi connectivity index (χ1) is 15.1. The van der Waals surface area contributed by atoms with Gasteiger partial charge in [0.15, 0.2) is 0 Å². The second-order valence-corrected chi connectivity index (χ2v) is 7.71. The Kier molecular flexibility index (Phi) is 4.55. The van der Waals surface area contributed by atoms with E-state index in [0.717, 1.165) is 44.9 Å². The minimum atomic E-state index is -0.00535. The third kappa shape index (κ3) is 3.17. The van der Waals surface area contributed by atoms with Crippen molar-refractivity contribution < 1.29 is 0 Å². The van der Waals surface area contributed by atoms with Gasteiger partial charge in [-0.05, 0) is 44.2 Å². The molecule has 0 amide bonds. The van der Waals surface area contributed by atoms with Crippen molar-refractivity contribution in [3.8, 4) is 33.9 Å². The predicted octanol–water partition coefficient (Wildman–Crippen LogP) is 4.79. The van der Waals surface area contributed by atoms with Crippen molar-refractivity contribution in [2.45, 2.75) is 20.4 Å². The summed E-state index contributed by atoms with van der Waals surface area (Å²) in [6.45, 7) is 4.70. The first kappa shape index (κ1) is 19.1. The van der Waals surface area contributed by atoms with E-state index in [2.05, 4.69) is 41.2 Å². The molecule has 6 heteroatoms. The summed E-state index contributed by atoms with van der Waals surface area (Å²) in [5, 5.41) is 0. The van der Waals surface area contributed by atoms with Crippen LogP contribution in [0.1, 0.15) is 12.5 Å². The minimum absolute atomic E-state index is 0.00535. The van der Waals surface area contributed by atoms with Crippen molar-refractivity contribution in [3.63, 3.8) is 0 Å². The topological polar surface area (TPSA) is 68.5 Å². The smallest absolute Gasteiger partial charge is 0.328 e. The van der Waals surface area contributed by atoms with Crippen LogP contribution in [-0.2, 0) is 13.6 Å². The lowest BCUT2D eigenvalue weighted by atomic mass is 10.0. The molecule has 2 aromatic carbocycles. The van der Waals surface area contributed by atoms with Gasteiger partial charge in [-0.15, -0.1) is 0 Å². The van der Waals surface area contributed by atoms with Crippen LogP contribution in [0.15, 0.2) is 71.8 Å². The molecule has 5 rings (SSSR count). The van der Waals surface area contributed by atoms with Crippen molar-refractivity contribution >= 4 is 11.0 Å². The number of nitrogens with zero attached hydrogens (tertiary/aromatic N) is 4. The molecule has 154 valence electrons. The van der Waals surface area contributed by atoms with E-state index in [-0.39, 0.29) is 5.69 Å². The molecule has 0 radical (unpaired) electrons. The summed E-state index contributed by atoms with van der Waals surface area (Å²) in [6, 6.07) is 18.3. The maximum absolute atomic E-state index is 12.6. The highest BCUT2D eigenvalue weighted by Gasteiger charge is 2.18. The number of aromatic nitrogens is 5. The van der Waals surface area contributed by atoms with Crippen molar-refractivity contribution in [2.75, 3.05) is 0 Å². The molecule has 0 aliphatic rings. The van der Waals surface area contributed by atoms with Gasteiger partial charge < -0.3 is 4.98 Å². The Balaban J connectivity index is 1.75. The van der Waals surface area contributed by atoms with Crippen LogP contribution >= 0.6 is 0 Å². The van der Waals surface area contributed by atoms with Crippen LogP contribution in [0, 0.1) is 6.92 Å². The highest BCUT2D eigenvalue weighted by atomic mass is 16.1. The first-order valence-electron chi connectivity index (χ1n) is 10.3. The maximum Gasteiger partial charge on any atom is 0.328 e. The molecular weight excluding hydrogens is 386 g/mol. The predicted molar refractivity (Wildman–Crippen MR) is 124 cm³/mol. The van der Waals surface area contributed by atoms with Crippen LogP contribution in [0.2, 0.25) is 0 Å². The number of aromatic amines is 1. The van der Waals surface area contributed by atoms with Crippen molar-refractivity contribution in [1.29, 1.82) is 0 Å². The molecule has 0 fully saturated rings. The molecule has 0 aliphatic carbocycles. The number of hydrogen-bond acceptors (Lipinski definition) is 3. The molecular formula is C25H23N5O. The summed E-state index contributed by atoms with van der Waals surface area (Å²) in [5.41, 5.74) is 7.75. The van der Waals surface area contributed by atoms with Crippen LogP contribution in [-0.4, -0.2) is 24.1 Å². The summed E-state index contributed by atoms with van der Waals surface area (Å²) in [4.78, 5) is 25.3. The van der Waals surface area contributed by atoms with E-state index in [0.29, 0.717) is 6.54 Å². The molecule has 0 unspecified atom stereocenters. The number of H-pyrrole nitrogens is 1. The summed E-state index contributed by atoms with van der Waals surface area (Å²) in [7, 11) is 1.82. The second-order valence-electron chi connectivity index (χ2n) is 7.71. The SMILES string of the molecule is CCn1c(=O)n(C)c2cc(-c3[nH]c(-c4cccnc4)nc3-c3cccc(C)c3)ccc21.